The summed E-state index contributed by atoms with van der Waals surface area (Å²) in [5, 5.41) is 0. The first-order chi connectivity index (χ1) is 7.00. The summed E-state index contributed by atoms with van der Waals surface area (Å²) in [5.41, 5.74) is -0.582. The number of ether oxygens (including phenoxy) is 2. The zero-order chi connectivity index (χ0) is 11.9. The first-order valence-electron chi connectivity index (χ1n) is 5.24. The molecule has 0 aliphatic rings. The number of rotatable bonds is 6. The third-order valence-corrected chi connectivity index (χ3v) is 2.64. The Morgan fingerprint density at radius 1 is 1.27 bits per heavy atom. The van der Waals surface area contributed by atoms with Crippen LogP contribution in [0.5, 0.6) is 0 Å². The van der Waals surface area contributed by atoms with Crippen LogP contribution in [0.15, 0.2) is 0 Å². The predicted molar refractivity (Wildman–Crippen MR) is 56.3 cm³/mol. The molecule has 0 aromatic carbocycles. The Balaban J connectivity index is 4.21. The highest BCUT2D eigenvalue weighted by molar-refractivity contribution is 5.77. The van der Waals surface area contributed by atoms with Crippen molar-refractivity contribution < 1.29 is 19.1 Å². The van der Waals surface area contributed by atoms with Crippen molar-refractivity contribution in [1.82, 2.24) is 0 Å². The maximum Gasteiger partial charge on any atom is 0.311 e. The average Bonchev–Trinajstić information content (AvgIpc) is 2.25. The highest BCUT2D eigenvalue weighted by Gasteiger charge is 2.32. The van der Waals surface area contributed by atoms with E-state index < -0.39 is 5.41 Å². The molecule has 0 bridgehead atoms. The van der Waals surface area contributed by atoms with Crippen molar-refractivity contribution in [2.75, 3.05) is 13.7 Å². The van der Waals surface area contributed by atoms with Crippen LogP contribution in [-0.4, -0.2) is 25.7 Å². The second-order valence-electron chi connectivity index (χ2n) is 3.71. The summed E-state index contributed by atoms with van der Waals surface area (Å²) < 4.78 is 9.51. The van der Waals surface area contributed by atoms with E-state index in [9.17, 15) is 9.59 Å². The second-order valence-corrected chi connectivity index (χ2v) is 3.71. The zero-order valence-corrected chi connectivity index (χ0v) is 9.96. The smallest absolute Gasteiger partial charge is 0.311 e. The predicted octanol–water partition coefficient (Wildman–Crippen LogP) is 1.92. The largest absolute Gasteiger partial charge is 0.469 e. The lowest BCUT2D eigenvalue weighted by Gasteiger charge is -2.24. The van der Waals surface area contributed by atoms with Gasteiger partial charge in [-0.2, -0.15) is 0 Å². The molecule has 0 rings (SSSR count). The van der Waals surface area contributed by atoms with E-state index in [1.807, 2.05) is 6.92 Å². The maximum atomic E-state index is 11.5. The minimum Gasteiger partial charge on any atom is -0.469 e. The van der Waals surface area contributed by atoms with Gasteiger partial charge in [0.05, 0.1) is 19.1 Å². The van der Waals surface area contributed by atoms with Crippen LogP contribution in [0.25, 0.3) is 0 Å². The van der Waals surface area contributed by atoms with Crippen LogP contribution in [0.2, 0.25) is 0 Å². The van der Waals surface area contributed by atoms with E-state index in [0.717, 1.165) is 0 Å². The minimum atomic E-state index is -0.582. The molecule has 1 atom stereocenters. The van der Waals surface area contributed by atoms with Crippen LogP contribution in [0.4, 0.5) is 0 Å². The normalized spacial score (nSPS) is 14.1. The molecule has 0 amide bonds. The number of methoxy groups -OCH3 is 1. The second kappa shape index (κ2) is 6.43. The quantitative estimate of drug-likeness (QED) is 0.636. The van der Waals surface area contributed by atoms with Crippen LogP contribution >= 0.6 is 0 Å². The van der Waals surface area contributed by atoms with Crippen molar-refractivity contribution >= 4 is 11.9 Å². The summed E-state index contributed by atoms with van der Waals surface area (Å²) in [6.45, 7) is 5.84. The SMILES string of the molecule is CCOC(=O)CCC(C)(CC)C(=O)OC. The van der Waals surface area contributed by atoms with E-state index in [2.05, 4.69) is 0 Å². The zero-order valence-electron chi connectivity index (χ0n) is 9.96. The molecule has 88 valence electrons. The summed E-state index contributed by atoms with van der Waals surface area (Å²) >= 11 is 0. The molecule has 0 heterocycles. The Labute approximate surface area is 90.9 Å². The molecule has 0 radical (unpaired) electrons. The Bertz CT molecular complexity index is 225. The summed E-state index contributed by atoms with van der Waals surface area (Å²) in [6.07, 6.45) is 1.38. The maximum absolute atomic E-state index is 11.5. The molecule has 4 nitrogen and oxygen atoms in total. The van der Waals surface area contributed by atoms with Crippen molar-refractivity contribution in [3.8, 4) is 0 Å². The third-order valence-electron chi connectivity index (χ3n) is 2.64. The molecule has 0 aromatic heterocycles. The first-order valence-corrected chi connectivity index (χ1v) is 5.24. The van der Waals surface area contributed by atoms with Crippen LogP contribution < -0.4 is 0 Å². The van der Waals surface area contributed by atoms with Crippen molar-refractivity contribution in [2.45, 2.75) is 40.0 Å². The van der Waals surface area contributed by atoms with Gasteiger partial charge in [0.2, 0.25) is 0 Å². The highest BCUT2D eigenvalue weighted by atomic mass is 16.5. The van der Waals surface area contributed by atoms with Gasteiger partial charge in [-0.3, -0.25) is 9.59 Å². The van der Waals surface area contributed by atoms with Crippen LogP contribution in [-0.2, 0) is 19.1 Å². The summed E-state index contributed by atoms with van der Waals surface area (Å²) in [7, 11) is 1.36. The van der Waals surface area contributed by atoms with Crippen molar-refractivity contribution in [3.63, 3.8) is 0 Å². The van der Waals surface area contributed by atoms with Gasteiger partial charge < -0.3 is 9.47 Å². The lowest BCUT2D eigenvalue weighted by Crippen LogP contribution is -2.29. The molecule has 0 aliphatic heterocycles. The molecule has 4 heteroatoms. The van der Waals surface area contributed by atoms with Gasteiger partial charge in [-0.1, -0.05) is 6.92 Å². The van der Waals surface area contributed by atoms with Gasteiger partial charge in [-0.05, 0) is 26.7 Å². The highest BCUT2D eigenvalue weighted by Crippen LogP contribution is 2.28. The van der Waals surface area contributed by atoms with Crippen molar-refractivity contribution in [3.05, 3.63) is 0 Å². The minimum absolute atomic E-state index is 0.257. The molecule has 1 unspecified atom stereocenters. The fourth-order valence-electron chi connectivity index (χ4n) is 1.28. The third kappa shape index (κ3) is 4.32. The van der Waals surface area contributed by atoms with Crippen molar-refractivity contribution in [1.29, 1.82) is 0 Å². The Kier molecular flexibility index (Phi) is 5.97. The van der Waals surface area contributed by atoms with Gasteiger partial charge >= 0.3 is 11.9 Å². The van der Waals surface area contributed by atoms with Gasteiger partial charge in [-0.25, -0.2) is 0 Å². The number of hydrogen-bond donors (Lipinski definition) is 0. The van der Waals surface area contributed by atoms with E-state index in [1.165, 1.54) is 7.11 Å². The van der Waals surface area contributed by atoms with Crippen molar-refractivity contribution in [2.24, 2.45) is 5.41 Å². The van der Waals surface area contributed by atoms with Crippen LogP contribution in [0.1, 0.15) is 40.0 Å². The monoisotopic (exact) mass is 216 g/mol. The molecule has 0 spiro atoms. The molecular weight excluding hydrogens is 196 g/mol. The Morgan fingerprint density at radius 3 is 2.27 bits per heavy atom. The fraction of sp³-hybridized carbons (Fsp3) is 0.818. The summed E-state index contributed by atoms with van der Waals surface area (Å²) in [5.74, 6) is -0.532. The number of carbonyl (C=O) groups excluding carboxylic acids is 2. The summed E-state index contributed by atoms with van der Waals surface area (Å²) in [4.78, 5) is 22.6. The first kappa shape index (κ1) is 13.9. The van der Waals surface area contributed by atoms with E-state index in [1.54, 1.807) is 13.8 Å². The molecule has 0 aliphatic carbocycles. The molecule has 0 fully saturated rings. The molecule has 0 aromatic rings. The van der Waals surface area contributed by atoms with Gasteiger partial charge in [0, 0.05) is 6.42 Å². The van der Waals surface area contributed by atoms with E-state index in [4.69, 9.17) is 9.47 Å². The molecule has 0 saturated carbocycles. The number of carbonyl (C=O) groups is 2. The molecule has 15 heavy (non-hydrogen) atoms. The van der Waals surface area contributed by atoms with Gasteiger partial charge in [0.25, 0.3) is 0 Å². The molecule has 0 saturated heterocycles. The Morgan fingerprint density at radius 2 is 1.87 bits per heavy atom. The van der Waals surface area contributed by atoms with E-state index >= 15 is 0 Å². The lowest BCUT2D eigenvalue weighted by molar-refractivity contribution is -0.153. The topological polar surface area (TPSA) is 52.6 Å². The van der Waals surface area contributed by atoms with Gasteiger partial charge in [0.15, 0.2) is 0 Å². The average molecular weight is 216 g/mol. The summed E-state index contributed by atoms with van der Waals surface area (Å²) in [6, 6.07) is 0. The van der Waals surface area contributed by atoms with Gasteiger partial charge in [-0.15, -0.1) is 0 Å². The number of hydrogen-bond acceptors (Lipinski definition) is 4. The lowest BCUT2D eigenvalue weighted by atomic mass is 9.83. The standard InChI is InChI=1S/C11H20O4/c1-5-11(3,10(13)14-4)8-7-9(12)15-6-2/h5-8H2,1-4H3. The molecular formula is C11H20O4. The van der Waals surface area contributed by atoms with E-state index in [0.29, 0.717) is 19.4 Å². The fourth-order valence-corrected chi connectivity index (χ4v) is 1.28. The van der Waals surface area contributed by atoms with E-state index in [-0.39, 0.29) is 18.4 Å². The molecule has 0 N–H and O–H groups in total. The van der Waals surface area contributed by atoms with Crippen LogP contribution in [0.3, 0.4) is 0 Å². The van der Waals surface area contributed by atoms with Gasteiger partial charge in [0.1, 0.15) is 0 Å². The van der Waals surface area contributed by atoms with Crippen LogP contribution in [0, 0.1) is 5.41 Å². The Hall–Kier alpha value is -1.06. The number of esters is 2.